The Balaban J connectivity index is 1.92. The maximum atomic E-state index is 6.02. The highest BCUT2D eigenvalue weighted by Gasteiger charge is 2.35. The number of hydrogen-bond acceptors (Lipinski definition) is 2. The molecule has 2 aliphatic rings. The molecule has 0 amide bonds. The Kier molecular flexibility index (Phi) is 3.91. The van der Waals surface area contributed by atoms with Crippen LogP contribution < -0.4 is 5.73 Å². The minimum atomic E-state index is 0.376. The molecule has 2 heteroatoms. The van der Waals surface area contributed by atoms with E-state index in [2.05, 4.69) is 25.7 Å². The van der Waals surface area contributed by atoms with Gasteiger partial charge in [0.05, 0.1) is 0 Å². The average Bonchev–Trinajstić information content (AvgIpc) is 2.70. The van der Waals surface area contributed by atoms with Crippen LogP contribution in [-0.2, 0) is 0 Å². The Morgan fingerprint density at radius 3 is 2.56 bits per heavy atom. The standard InChI is InChI=1S/C14H28N2/c1-10-4-5-11(2)14(8-10)16-7-6-13(9-16)12(3)15/h10-14H,4-9,15H2,1-3H3. The molecule has 94 valence electrons. The number of rotatable bonds is 2. The van der Waals surface area contributed by atoms with Crippen molar-refractivity contribution < 1.29 is 0 Å². The predicted molar refractivity (Wildman–Crippen MR) is 69.3 cm³/mol. The van der Waals surface area contributed by atoms with Crippen LogP contribution in [0.5, 0.6) is 0 Å². The van der Waals surface area contributed by atoms with Crippen molar-refractivity contribution in [3.8, 4) is 0 Å². The first-order chi connectivity index (χ1) is 7.58. The van der Waals surface area contributed by atoms with E-state index in [1.807, 2.05) is 0 Å². The summed E-state index contributed by atoms with van der Waals surface area (Å²) in [6, 6.07) is 1.22. The fourth-order valence-corrected chi connectivity index (χ4v) is 3.56. The van der Waals surface area contributed by atoms with Gasteiger partial charge in [-0.1, -0.05) is 20.3 Å². The van der Waals surface area contributed by atoms with Crippen LogP contribution in [0.25, 0.3) is 0 Å². The van der Waals surface area contributed by atoms with Crippen LogP contribution in [-0.4, -0.2) is 30.1 Å². The maximum Gasteiger partial charge on any atom is 0.0123 e. The van der Waals surface area contributed by atoms with E-state index >= 15 is 0 Å². The highest BCUT2D eigenvalue weighted by Crippen LogP contribution is 2.34. The van der Waals surface area contributed by atoms with Crippen molar-refractivity contribution in [3.63, 3.8) is 0 Å². The first-order valence-electron chi connectivity index (χ1n) is 7.07. The lowest BCUT2D eigenvalue weighted by atomic mass is 9.79. The van der Waals surface area contributed by atoms with E-state index in [1.165, 1.54) is 38.8 Å². The summed E-state index contributed by atoms with van der Waals surface area (Å²) in [5, 5.41) is 0. The van der Waals surface area contributed by atoms with Crippen LogP contribution in [0.1, 0.15) is 46.5 Å². The molecule has 2 N–H and O–H groups in total. The molecule has 0 spiro atoms. The Bertz CT molecular complexity index is 227. The van der Waals surface area contributed by atoms with Crippen LogP contribution >= 0.6 is 0 Å². The Morgan fingerprint density at radius 2 is 1.94 bits per heavy atom. The molecule has 1 heterocycles. The molecule has 0 aromatic carbocycles. The summed E-state index contributed by atoms with van der Waals surface area (Å²) in [4.78, 5) is 2.73. The van der Waals surface area contributed by atoms with Crippen molar-refractivity contribution in [2.45, 2.75) is 58.5 Å². The van der Waals surface area contributed by atoms with E-state index in [-0.39, 0.29) is 0 Å². The average molecular weight is 224 g/mol. The molecule has 2 rings (SSSR count). The molecule has 1 aliphatic carbocycles. The zero-order valence-electron chi connectivity index (χ0n) is 11.2. The fraction of sp³-hybridized carbons (Fsp3) is 1.00. The number of hydrogen-bond donors (Lipinski definition) is 1. The van der Waals surface area contributed by atoms with Crippen LogP contribution in [0.4, 0.5) is 0 Å². The van der Waals surface area contributed by atoms with Gasteiger partial charge in [-0.25, -0.2) is 0 Å². The molecular formula is C14H28N2. The van der Waals surface area contributed by atoms with Crippen LogP contribution in [0, 0.1) is 17.8 Å². The molecule has 1 aliphatic heterocycles. The summed E-state index contributed by atoms with van der Waals surface area (Å²) >= 11 is 0. The molecule has 5 atom stereocenters. The maximum absolute atomic E-state index is 6.02. The quantitative estimate of drug-likeness (QED) is 0.781. The number of nitrogens with two attached hydrogens (primary N) is 1. The SMILES string of the molecule is CC1CCC(C)C(N2CCC(C(C)N)C2)C1. The van der Waals surface area contributed by atoms with E-state index in [9.17, 15) is 0 Å². The third-order valence-corrected chi connectivity index (χ3v) is 4.88. The van der Waals surface area contributed by atoms with Crippen molar-refractivity contribution in [2.75, 3.05) is 13.1 Å². The summed E-state index contributed by atoms with van der Waals surface area (Å²) in [6.07, 6.45) is 5.58. The molecule has 0 bridgehead atoms. The van der Waals surface area contributed by atoms with Gasteiger partial charge < -0.3 is 5.73 Å². The summed E-state index contributed by atoms with van der Waals surface area (Å²) in [6.45, 7) is 9.56. The van der Waals surface area contributed by atoms with Gasteiger partial charge in [0.15, 0.2) is 0 Å². The topological polar surface area (TPSA) is 29.3 Å². The summed E-state index contributed by atoms with van der Waals surface area (Å²) in [7, 11) is 0. The molecule has 2 nitrogen and oxygen atoms in total. The van der Waals surface area contributed by atoms with Crippen molar-refractivity contribution >= 4 is 0 Å². The van der Waals surface area contributed by atoms with Crippen molar-refractivity contribution in [2.24, 2.45) is 23.5 Å². The molecule has 5 unspecified atom stereocenters. The van der Waals surface area contributed by atoms with Gasteiger partial charge in [0.1, 0.15) is 0 Å². The molecule has 16 heavy (non-hydrogen) atoms. The van der Waals surface area contributed by atoms with Gasteiger partial charge in [0.25, 0.3) is 0 Å². The van der Waals surface area contributed by atoms with Gasteiger partial charge in [-0.15, -0.1) is 0 Å². The summed E-state index contributed by atoms with van der Waals surface area (Å²) in [5.74, 6) is 2.56. The van der Waals surface area contributed by atoms with Crippen LogP contribution in [0.3, 0.4) is 0 Å². The van der Waals surface area contributed by atoms with E-state index in [0.29, 0.717) is 6.04 Å². The first-order valence-corrected chi connectivity index (χ1v) is 7.07. The highest BCUT2D eigenvalue weighted by atomic mass is 15.2. The largest absolute Gasteiger partial charge is 0.328 e. The van der Waals surface area contributed by atoms with Gasteiger partial charge in [-0.3, -0.25) is 4.90 Å². The zero-order chi connectivity index (χ0) is 11.7. The van der Waals surface area contributed by atoms with Crippen LogP contribution in [0.15, 0.2) is 0 Å². The van der Waals surface area contributed by atoms with Crippen molar-refractivity contribution in [3.05, 3.63) is 0 Å². The minimum Gasteiger partial charge on any atom is -0.328 e. The first kappa shape index (κ1) is 12.4. The van der Waals surface area contributed by atoms with Gasteiger partial charge >= 0.3 is 0 Å². The zero-order valence-corrected chi connectivity index (χ0v) is 11.2. The second kappa shape index (κ2) is 5.05. The smallest absolute Gasteiger partial charge is 0.0123 e. The van der Waals surface area contributed by atoms with Gasteiger partial charge in [-0.2, -0.15) is 0 Å². The highest BCUT2D eigenvalue weighted by molar-refractivity contribution is 4.89. The Morgan fingerprint density at radius 1 is 1.19 bits per heavy atom. The van der Waals surface area contributed by atoms with E-state index in [1.54, 1.807) is 0 Å². The lowest BCUT2D eigenvalue weighted by molar-refractivity contribution is 0.108. The predicted octanol–water partition coefficient (Wildman–Crippen LogP) is 2.48. The third kappa shape index (κ3) is 2.60. The Hall–Kier alpha value is -0.0800. The van der Waals surface area contributed by atoms with Crippen molar-refractivity contribution in [1.29, 1.82) is 0 Å². The second-order valence-electron chi connectivity index (χ2n) is 6.37. The van der Waals surface area contributed by atoms with Gasteiger partial charge in [-0.05, 0) is 50.5 Å². The minimum absolute atomic E-state index is 0.376. The number of likely N-dealkylation sites (tertiary alicyclic amines) is 1. The molecule has 2 fully saturated rings. The number of nitrogens with zero attached hydrogens (tertiary/aromatic N) is 1. The van der Waals surface area contributed by atoms with E-state index < -0.39 is 0 Å². The van der Waals surface area contributed by atoms with E-state index in [4.69, 9.17) is 5.73 Å². The normalized spacial score (nSPS) is 43.5. The summed E-state index contributed by atoms with van der Waals surface area (Å²) in [5.41, 5.74) is 6.02. The molecule has 0 radical (unpaired) electrons. The lowest BCUT2D eigenvalue weighted by Crippen LogP contribution is -2.42. The van der Waals surface area contributed by atoms with Crippen LogP contribution in [0.2, 0.25) is 0 Å². The van der Waals surface area contributed by atoms with Crippen molar-refractivity contribution in [1.82, 2.24) is 4.90 Å². The molecule has 0 aromatic rings. The lowest BCUT2D eigenvalue weighted by Gasteiger charge is -2.39. The molecule has 0 aromatic heterocycles. The summed E-state index contributed by atoms with van der Waals surface area (Å²) < 4.78 is 0. The molecule has 1 saturated carbocycles. The third-order valence-electron chi connectivity index (χ3n) is 4.88. The Labute approximate surface area is 101 Å². The molecular weight excluding hydrogens is 196 g/mol. The fourth-order valence-electron chi connectivity index (χ4n) is 3.56. The van der Waals surface area contributed by atoms with Gasteiger partial charge in [0, 0.05) is 18.6 Å². The second-order valence-corrected chi connectivity index (χ2v) is 6.37. The monoisotopic (exact) mass is 224 g/mol. The van der Waals surface area contributed by atoms with E-state index in [0.717, 1.165) is 23.8 Å². The van der Waals surface area contributed by atoms with Gasteiger partial charge in [0.2, 0.25) is 0 Å². The molecule has 1 saturated heterocycles.